The summed E-state index contributed by atoms with van der Waals surface area (Å²) in [7, 11) is 1.54. The van der Waals surface area contributed by atoms with Gasteiger partial charge in [0.25, 0.3) is 0 Å². The summed E-state index contributed by atoms with van der Waals surface area (Å²) in [5.41, 5.74) is 0. The van der Waals surface area contributed by atoms with Gasteiger partial charge >= 0.3 is 12.0 Å². The number of carbonyl (C=O) groups excluding carboxylic acids is 1. The van der Waals surface area contributed by atoms with E-state index in [0.717, 1.165) is 0 Å². The van der Waals surface area contributed by atoms with Crippen LogP contribution in [0.2, 0.25) is 0 Å². The number of nitrogens with zero attached hydrogens (tertiary/aromatic N) is 2. The number of rotatable bonds is 6. The van der Waals surface area contributed by atoms with E-state index >= 15 is 0 Å². The van der Waals surface area contributed by atoms with E-state index in [0.29, 0.717) is 6.42 Å². The summed E-state index contributed by atoms with van der Waals surface area (Å²) in [6.45, 7) is 5.76. The normalized spacial score (nSPS) is 13.6. The molecule has 0 aliphatic heterocycles. The molecule has 2 amide bonds. The number of amides is 2. The smallest absolute Gasteiger partial charge is 0.326 e. The second-order valence-electron chi connectivity index (χ2n) is 4.88. The first-order valence-electron chi connectivity index (χ1n) is 5.92. The summed E-state index contributed by atoms with van der Waals surface area (Å²) >= 11 is 0. The van der Waals surface area contributed by atoms with Gasteiger partial charge in [-0.3, -0.25) is 0 Å². The maximum Gasteiger partial charge on any atom is 0.326 e. The summed E-state index contributed by atoms with van der Waals surface area (Å²) in [6, 6.07) is 0.662. The third kappa shape index (κ3) is 6.09. The summed E-state index contributed by atoms with van der Waals surface area (Å²) < 4.78 is 0. The Kier molecular flexibility index (Phi) is 6.79. The Morgan fingerprint density at radius 2 is 1.94 bits per heavy atom. The summed E-state index contributed by atoms with van der Waals surface area (Å²) in [4.78, 5) is 24.0. The highest BCUT2D eigenvalue weighted by atomic mass is 16.4. The van der Waals surface area contributed by atoms with Gasteiger partial charge in [0, 0.05) is 13.6 Å². The molecule has 102 valence electrons. The lowest BCUT2D eigenvalue weighted by Crippen LogP contribution is -2.48. The molecule has 0 spiro atoms. The van der Waals surface area contributed by atoms with Crippen LogP contribution in [0.5, 0.6) is 0 Å². The Morgan fingerprint density at radius 1 is 1.39 bits per heavy atom. The highest BCUT2D eigenvalue weighted by Gasteiger charge is 2.23. The highest BCUT2D eigenvalue weighted by molar-refractivity contribution is 5.82. The molecule has 6 heteroatoms. The van der Waals surface area contributed by atoms with Crippen molar-refractivity contribution in [3.8, 4) is 6.07 Å². The molecular formula is C12H21N3O3. The fraction of sp³-hybridized carbons (Fsp3) is 0.750. The SMILES string of the molecule is CC(C)CC(NC(=O)N(C)CC(C)C#N)C(=O)O. The molecule has 0 aromatic rings. The zero-order chi connectivity index (χ0) is 14.3. The molecule has 0 saturated heterocycles. The molecule has 0 radical (unpaired) electrons. The Morgan fingerprint density at radius 3 is 2.33 bits per heavy atom. The molecule has 0 heterocycles. The monoisotopic (exact) mass is 255 g/mol. The topological polar surface area (TPSA) is 93.4 Å². The van der Waals surface area contributed by atoms with Crippen molar-refractivity contribution < 1.29 is 14.7 Å². The van der Waals surface area contributed by atoms with Crippen LogP contribution in [0.25, 0.3) is 0 Å². The molecule has 0 bridgehead atoms. The van der Waals surface area contributed by atoms with Crippen molar-refractivity contribution in [3.63, 3.8) is 0 Å². The third-order valence-corrected chi connectivity index (χ3v) is 2.42. The number of hydrogen-bond donors (Lipinski definition) is 2. The lowest BCUT2D eigenvalue weighted by Gasteiger charge is -2.22. The Labute approximate surface area is 108 Å². The first-order chi connectivity index (χ1) is 8.27. The molecule has 0 saturated carbocycles. The largest absolute Gasteiger partial charge is 0.480 e. The van der Waals surface area contributed by atoms with Crippen molar-refractivity contribution in [2.45, 2.75) is 33.2 Å². The fourth-order valence-electron chi connectivity index (χ4n) is 1.49. The number of nitrogens with one attached hydrogen (secondary N) is 1. The molecule has 0 fully saturated rings. The summed E-state index contributed by atoms with van der Waals surface area (Å²) in [6.07, 6.45) is 0.378. The van der Waals surface area contributed by atoms with E-state index in [-0.39, 0.29) is 18.4 Å². The van der Waals surface area contributed by atoms with Gasteiger partial charge in [-0.05, 0) is 19.3 Å². The van der Waals surface area contributed by atoms with E-state index in [2.05, 4.69) is 5.32 Å². The van der Waals surface area contributed by atoms with Gasteiger partial charge in [0.15, 0.2) is 0 Å². The minimum Gasteiger partial charge on any atom is -0.480 e. The van der Waals surface area contributed by atoms with Crippen molar-refractivity contribution in [2.24, 2.45) is 11.8 Å². The number of aliphatic carboxylic acids is 1. The molecule has 0 aliphatic rings. The summed E-state index contributed by atoms with van der Waals surface area (Å²) in [5, 5.41) is 20.1. The minimum atomic E-state index is -1.04. The molecule has 2 unspecified atom stereocenters. The van der Waals surface area contributed by atoms with E-state index in [1.54, 1.807) is 6.92 Å². The summed E-state index contributed by atoms with van der Waals surface area (Å²) in [5.74, 6) is -1.15. The van der Waals surface area contributed by atoms with E-state index in [1.807, 2.05) is 19.9 Å². The van der Waals surface area contributed by atoms with Crippen molar-refractivity contribution in [1.29, 1.82) is 5.26 Å². The molecule has 0 rings (SSSR count). The van der Waals surface area contributed by atoms with Crippen LogP contribution < -0.4 is 5.32 Å². The Hall–Kier alpha value is -1.77. The third-order valence-electron chi connectivity index (χ3n) is 2.42. The molecule has 0 aromatic heterocycles. The number of carbonyl (C=O) groups is 2. The lowest BCUT2D eigenvalue weighted by molar-refractivity contribution is -0.139. The van der Waals surface area contributed by atoms with E-state index in [9.17, 15) is 9.59 Å². The van der Waals surface area contributed by atoms with Gasteiger partial charge in [0.05, 0.1) is 12.0 Å². The molecule has 6 nitrogen and oxygen atoms in total. The van der Waals surface area contributed by atoms with Crippen LogP contribution in [0.3, 0.4) is 0 Å². The van der Waals surface area contributed by atoms with Crippen molar-refractivity contribution in [1.82, 2.24) is 10.2 Å². The van der Waals surface area contributed by atoms with E-state index in [1.165, 1.54) is 11.9 Å². The fourth-order valence-corrected chi connectivity index (χ4v) is 1.49. The first kappa shape index (κ1) is 16.2. The number of nitriles is 1. The van der Waals surface area contributed by atoms with Crippen molar-refractivity contribution in [2.75, 3.05) is 13.6 Å². The minimum absolute atomic E-state index is 0.176. The highest BCUT2D eigenvalue weighted by Crippen LogP contribution is 2.06. The molecular weight excluding hydrogens is 234 g/mol. The number of urea groups is 1. The van der Waals surface area contributed by atoms with Crippen LogP contribution in [-0.4, -0.2) is 41.6 Å². The first-order valence-corrected chi connectivity index (χ1v) is 5.92. The van der Waals surface area contributed by atoms with Crippen LogP contribution in [0.1, 0.15) is 27.2 Å². The molecule has 0 aromatic carbocycles. The zero-order valence-corrected chi connectivity index (χ0v) is 11.3. The second kappa shape index (κ2) is 7.54. The predicted molar refractivity (Wildman–Crippen MR) is 66.8 cm³/mol. The maximum atomic E-state index is 11.7. The average Bonchev–Trinajstić information content (AvgIpc) is 2.26. The van der Waals surface area contributed by atoms with Crippen LogP contribution in [0.4, 0.5) is 4.79 Å². The van der Waals surface area contributed by atoms with E-state index < -0.39 is 18.0 Å². The quantitative estimate of drug-likeness (QED) is 0.747. The van der Waals surface area contributed by atoms with Gasteiger partial charge in [0.1, 0.15) is 6.04 Å². The van der Waals surface area contributed by atoms with Crippen LogP contribution >= 0.6 is 0 Å². The Bertz CT molecular complexity index is 336. The van der Waals surface area contributed by atoms with Gasteiger partial charge < -0.3 is 15.3 Å². The zero-order valence-electron chi connectivity index (χ0n) is 11.3. The van der Waals surface area contributed by atoms with Gasteiger partial charge in [-0.15, -0.1) is 0 Å². The second-order valence-corrected chi connectivity index (χ2v) is 4.88. The van der Waals surface area contributed by atoms with E-state index in [4.69, 9.17) is 10.4 Å². The van der Waals surface area contributed by atoms with Crippen LogP contribution in [-0.2, 0) is 4.79 Å². The van der Waals surface area contributed by atoms with Crippen molar-refractivity contribution >= 4 is 12.0 Å². The molecule has 2 N–H and O–H groups in total. The van der Waals surface area contributed by atoms with Gasteiger partial charge in [0.2, 0.25) is 0 Å². The maximum absolute atomic E-state index is 11.7. The number of carboxylic acids is 1. The number of carboxylic acid groups (broad SMARTS) is 1. The molecule has 2 atom stereocenters. The Balaban J connectivity index is 4.42. The average molecular weight is 255 g/mol. The van der Waals surface area contributed by atoms with Crippen molar-refractivity contribution in [3.05, 3.63) is 0 Å². The lowest BCUT2D eigenvalue weighted by atomic mass is 10.0. The van der Waals surface area contributed by atoms with Crippen LogP contribution in [0, 0.1) is 23.2 Å². The molecule has 0 aliphatic carbocycles. The van der Waals surface area contributed by atoms with Gasteiger partial charge in [-0.1, -0.05) is 13.8 Å². The molecule has 18 heavy (non-hydrogen) atoms. The van der Waals surface area contributed by atoms with Gasteiger partial charge in [-0.2, -0.15) is 5.26 Å². The number of hydrogen-bond acceptors (Lipinski definition) is 3. The van der Waals surface area contributed by atoms with Crippen LogP contribution in [0.15, 0.2) is 0 Å². The standard InChI is InChI=1S/C12H21N3O3/c1-8(2)5-10(11(16)17)14-12(18)15(4)7-9(3)6-13/h8-10H,5,7H2,1-4H3,(H,14,18)(H,16,17). The predicted octanol–water partition coefficient (Wildman–Crippen LogP) is 1.29. The van der Waals surface area contributed by atoms with Gasteiger partial charge in [-0.25, -0.2) is 9.59 Å².